The molecule has 0 radical (unpaired) electrons. The Morgan fingerprint density at radius 2 is 1.61 bits per heavy atom. The second kappa shape index (κ2) is 10.1. The first-order chi connectivity index (χ1) is 15.4. The fraction of sp³-hybridized carbons (Fsp3) is 0.381. The molecule has 0 bridgehead atoms. The van der Waals surface area contributed by atoms with Crippen molar-refractivity contribution in [3.63, 3.8) is 0 Å². The van der Waals surface area contributed by atoms with Gasteiger partial charge in [0.05, 0.1) is 17.0 Å². The molecule has 2 N–H and O–H groups in total. The Hall–Kier alpha value is -2.57. The Bertz CT molecular complexity index is 1080. The van der Waals surface area contributed by atoms with Gasteiger partial charge in [-0.05, 0) is 54.8 Å². The molecular formula is C21H22F5N3O3S. The topological polar surface area (TPSA) is 78.5 Å². The Morgan fingerprint density at radius 1 is 1.00 bits per heavy atom. The Morgan fingerprint density at radius 3 is 2.21 bits per heavy atom. The van der Waals surface area contributed by atoms with Crippen LogP contribution in [0.4, 0.5) is 22.0 Å². The summed E-state index contributed by atoms with van der Waals surface area (Å²) in [6, 6.07) is 6.35. The van der Waals surface area contributed by atoms with Gasteiger partial charge < -0.3 is 5.32 Å². The summed E-state index contributed by atoms with van der Waals surface area (Å²) in [5.74, 6) is -2.07. The lowest BCUT2D eigenvalue weighted by molar-refractivity contribution is -0.138. The van der Waals surface area contributed by atoms with Crippen LogP contribution in [-0.4, -0.2) is 44.9 Å². The molecule has 1 amide bonds. The molecule has 1 saturated heterocycles. The summed E-state index contributed by atoms with van der Waals surface area (Å²) in [7, 11) is -3.81. The van der Waals surface area contributed by atoms with Crippen LogP contribution in [0.3, 0.4) is 0 Å². The summed E-state index contributed by atoms with van der Waals surface area (Å²) in [5, 5.41) is 2.41. The van der Waals surface area contributed by atoms with Gasteiger partial charge in [0.15, 0.2) is 0 Å². The lowest BCUT2D eigenvalue weighted by atomic mass is 10.1. The molecule has 0 unspecified atom stereocenters. The van der Waals surface area contributed by atoms with Gasteiger partial charge in [-0.3, -0.25) is 9.69 Å². The van der Waals surface area contributed by atoms with E-state index in [0.717, 1.165) is 24.3 Å². The maximum absolute atomic E-state index is 13.2. The molecule has 0 spiro atoms. The highest BCUT2D eigenvalue weighted by Crippen LogP contribution is 2.32. The molecule has 1 heterocycles. The van der Waals surface area contributed by atoms with Crippen molar-refractivity contribution in [3.8, 4) is 0 Å². The van der Waals surface area contributed by atoms with Crippen LogP contribution < -0.4 is 10.0 Å². The van der Waals surface area contributed by atoms with E-state index in [9.17, 15) is 35.2 Å². The van der Waals surface area contributed by atoms with E-state index in [1.807, 2.05) is 0 Å². The quantitative estimate of drug-likeness (QED) is 0.584. The average Bonchev–Trinajstić information content (AvgIpc) is 2.74. The highest BCUT2D eigenvalue weighted by molar-refractivity contribution is 7.89. The van der Waals surface area contributed by atoms with E-state index in [2.05, 4.69) is 10.0 Å². The van der Waals surface area contributed by atoms with E-state index in [-0.39, 0.29) is 23.0 Å². The van der Waals surface area contributed by atoms with Crippen molar-refractivity contribution < 1.29 is 35.2 Å². The van der Waals surface area contributed by atoms with Crippen molar-refractivity contribution in [2.75, 3.05) is 19.6 Å². The fourth-order valence-electron chi connectivity index (χ4n) is 3.53. The molecule has 6 nitrogen and oxygen atoms in total. The Labute approximate surface area is 187 Å². The largest absolute Gasteiger partial charge is 0.416 e. The Balaban J connectivity index is 1.48. The number of benzene rings is 2. The third-order valence-corrected chi connectivity index (χ3v) is 6.79. The number of hydrogen-bond donors (Lipinski definition) is 2. The van der Waals surface area contributed by atoms with Crippen LogP contribution in [0.25, 0.3) is 0 Å². The normalized spacial score (nSPS) is 16.0. The number of nitrogens with zero attached hydrogens (tertiary/aromatic N) is 1. The van der Waals surface area contributed by atoms with Crippen molar-refractivity contribution in [2.45, 2.75) is 36.5 Å². The second-order valence-corrected chi connectivity index (χ2v) is 9.42. The minimum atomic E-state index is -4.74. The zero-order valence-electron chi connectivity index (χ0n) is 17.3. The number of likely N-dealkylation sites (tertiary alicyclic amines) is 1. The highest BCUT2D eigenvalue weighted by Gasteiger charge is 2.34. The number of piperidine rings is 1. The molecule has 0 aliphatic carbocycles. The molecule has 1 fully saturated rings. The number of carbonyl (C=O) groups excluding carboxylic acids is 1. The molecule has 3 rings (SSSR count). The SMILES string of the molecule is O=C(CN1CCC(NS(=O)(=O)c2ccc(F)cc2)CC1)NCc1ccc(F)cc1C(F)(F)F. The summed E-state index contributed by atoms with van der Waals surface area (Å²) in [5.41, 5.74) is -1.39. The van der Waals surface area contributed by atoms with Crippen LogP contribution in [0.5, 0.6) is 0 Å². The number of carbonyl (C=O) groups is 1. The lowest BCUT2D eigenvalue weighted by Gasteiger charge is -2.31. The van der Waals surface area contributed by atoms with Gasteiger partial charge in [0.25, 0.3) is 0 Å². The van der Waals surface area contributed by atoms with Gasteiger partial charge in [-0.2, -0.15) is 13.2 Å². The number of rotatable bonds is 7. The summed E-state index contributed by atoms with van der Waals surface area (Å²) in [6.07, 6.45) is -3.90. The molecule has 2 aromatic rings. The van der Waals surface area contributed by atoms with E-state index in [1.54, 1.807) is 4.90 Å². The predicted molar refractivity (Wildman–Crippen MR) is 109 cm³/mol. The van der Waals surface area contributed by atoms with Crippen LogP contribution in [0, 0.1) is 11.6 Å². The van der Waals surface area contributed by atoms with Crippen molar-refractivity contribution in [3.05, 3.63) is 65.2 Å². The number of alkyl halides is 3. The summed E-state index contributed by atoms with van der Waals surface area (Å²) < 4.78 is 92.7. The fourth-order valence-corrected chi connectivity index (χ4v) is 4.83. The zero-order chi connectivity index (χ0) is 24.2. The number of nitrogens with one attached hydrogen (secondary N) is 2. The van der Waals surface area contributed by atoms with Gasteiger partial charge in [0, 0.05) is 25.7 Å². The van der Waals surface area contributed by atoms with Crippen LogP contribution in [-0.2, 0) is 27.5 Å². The first-order valence-corrected chi connectivity index (χ1v) is 11.5. The molecule has 180 valence electrons. The molecule has 0 aromatic heterocycles. The van der Waals surface area contributed by atoms with Crippen molar-refractivity contribution in [1.82, 2.24) is 14.9 Å². The summed E-state index contributed by atoms with van der Waals surface area (Å²) in [4.78, 5) is 13.9. The van der Waals surface area contributed by atoms with Crippen molar-refractivity contribution in [1.29, 1.82) is 0 Å². The van der Waals surface area contributed by atoms with Gasteiger partial charge in [-0.15, -0.1) is 0 Å². The van der Waals surface area contributed by atoms with Crippen LogP contribution in [0.1, 0.15) is 24.0 Å². The summed E-state index contributed by atoms with van der Waals surface area (Å²) >= 11 is 0. The minimum Gasteiger partial charge on any atom is -0.351 e. The van der Waals surface area contributed by atoms with Crippen LogP contribution in [0.15, 0.2) is 47.4 Å². The molecule has 33 heavy (non-hydrogen) atoms. The molecule has 12 heteroatoms. The van der Waals surface area contributed by atoms with E-state index >= 15 is 0 Å². The molecule has 0 saturated carbocycles. The maximum atomic E-state index is 13.2. The number of amides is 1. The van der Waals surface area contributed by atoms with Crippen LogP contribution in [0.2, 0.25) is 0 Å². The smallest absolute Gasteiger partial charge is 0.351 e. The van der Waals surface area contributed by atoms with E-state index in [4.69, 9.17) is 0 Å². The highest BCUT2D eigenvalue weighted by atomic mass is 32.2. The minimum absolute atomic E-state index is 0.0512. The number of halogens is 5. The van der Waals surface area contributed by atoms with Crippen molar-refractivity contribution >= 4 is 15.9 Å². The zero-order valence-corrected chi connectivity index (χ0v) is 18.1. The third kappa shape index (κ3) is 6.95. The van der Waals surface area contributed by atoms with Gasteiger partial charge in [-0.25, -0.2) is 21.9 Å². The van der Waals surface area contributed by atoms with Gasteiger partial charge in [0.2, 0.25) is 15.9 Å². The second-order valence-electron chi connectivity index (χ2n) is 7.70. The molecule has 1 aliphatic heterocycles. The first kappa shape index (κ1) is 25.1. The van der Waals surface area contributed by atoms with Crippen molar-refractivity contribution in [2.24, 2.45) is 0 Å². The maximum Gasteiger partial charge on any atom is 0.416 e. The molecule has 2 aromatic carbocycles. The number of sulfonamides is 1. The van der Waals surface area contributed by atoms with Crippen LogP contribution >= 0.6 is 0 Å². The number of hydrogen-bond acceptors (Lipinski definition) is 4. The summed E-state index contributed by atoms with van der Waals surface area (Å²) in [6.45, 7) is 0.324. The molecular weight excluding hydrogens is 469 g/mol. The van der Waals surface area contributed by atoms with Gasteiger partial charge >= 0.3 is 6.18 Å². The van der Waals surface area contributed by atoms with E-state index in [1.165, 1.54) is 12.1 Å². The standard InChI is InChI=1S/C21H22F5N3O3S/c22-15-3-5-18(6-4-15)33(31,32)28-17-7-9-29(10-8-17)13-20(30)27-12-14-1-2-16(23)11-19(14)21(24,25)26/h1-6,11,17,28H,7-10,12-13H2,(H,27,30). The predicted octanol–water partition coefficient (Wildman–Crippen LogP) is 3.04. The van der Waals surface area contributed by atoms with E-state index < -0.39 is 45.8 Å². The monoisotopic (exact) mass is 491 g/mol. The Kier molecular flexibility index (Phi) is 7.70. The van der Waals surface area contributed by atoms with Gasteiger partial charge in [-0.1, -0.05) is 6.07 Å². The lowest BCUT2D eigenvalue weighted by Crippen LogP contribution is -2.47. The van der Waals surface area contributed by atoms with Gasteiger partial charge in [0.1, 0.15) is 11.6 Å². The molecule has 1 aliphatic rings. The first-order valence-electron chi connectivity index (χ1n) is 10.1. The average molecular weight is 491 g/mol. The third-order valence-electron chi connectivity index (χ3n) is 5.25. The van der Waals surface area contributed by atoms with E-state index in [0.29, 0.717) is 32.0 Å². The molecule has 0 atom stereocenters.